The van der Waals surface area contributed by atoms with Crippen LogP contribution in [0.5, 0.6) is 0 Å². The Kier molecular flexibility index (Phi) is 10.9. The van der Waals surface area contributed by atoms with Gasteiger partial charge in [0.15, 0.2) is 0 Å². The van der Waals surface area contributed by atoms with Crippen molar-refractivity contribution in [3.63, 3.8) is 0 Å². The minimum absolute atomic E-state index is 0.170. The second kappa shape index (κ2) is 16.6. The van der Waals surface area contributed by atoms with Crippen molar-refractivity contribution in [2.24, 2.45) is 11.8 Å². The Labute approximate surface area is 402 Å². The van der Waals surface area contributed by atoms with Crippen molar-refractivity contribution in [2.75, 3.05) is 0 Å². The average Bonchev–Trinajstić information content (AvgIpc) is 4.06. The van der Waals surface area contributed by atoms with Gasteiger partial charge in [0.1, 0.15) is 0 Å². The fourth-order valence-electron chi connectivity index (χ4n) is 12.3. The molecule has 0 fully saturated rings. The van der Waals surface area contributed by atoms with Gasteiger partial charge in [-0.25, -0.2) is 0 Å². The van der Waals surface area contributed by atoms with E-state index in [1.807, 2.05) is 0 Å². The van der Waals surface area contributed by atoms with Gasteiger partial charge in [0.05, 0.1) is 0 Å². The van der Waals surface area contributed by atoms with Gasteiger partial charge in [0, 0.05) is 0 Å². The summed E-state index contributed by atoms with van der Waals surface area (Å²) in [6, 6.07) is 65.2. The maximum absolute atomic E-state index is 9.54. The summed E-state index contributed by atoms with van der Waals surface area (Å²) in [4.78, 5) is 0. The summed E-state index contributed by atoms with van der Waals surface area (Å²) in [5.74, 6) is 0.408. The molecule has 0 bridgehead atoms. The number of rotatable bonds is 9. The second-order valence-electron chi connectivity index (χ2n) is 19.6. The first kappa shape index (κ1) is 43.5. The number of allylic oxidation sites excluding steroid dienone is 2. The first-order chi connectivity index (χ1) is 31.9. The molecule has 1 heterocycles. The van der Waals surface area contributed by atoms with E-state index in [0.717, 1.165) is 0 Å². The molecule has 3 aliphatic rings. The molecule has 11 rings (SSSR count). The molecule has 0 amide bonds. The standard InChI is InChI=1S/2C25H23.C12H9Si.2ClH.Zr/c2*1-17(2)21-15-20-14-13-18(3)25(24(20)16-21)23-12-8-7-11-22(23)19-9-5-4-6-10-19;1-3-7-11-9(5-1)10-6-2-4-8-12(10)13-11;;;/h2*4-17H,1-3H3;1-7H,13H2;2*1H;/q;;;;;+2/p-2. The van der Waals surface area contributed by atoms with Gasteiger partial charge < -0.3 is 0 Å². The summed E-state index contributed by atoms with van der Waals surface area (Å²) in [5, 5.41) is 2.93. The molecule has 8 aromatic carbocycles. The third kappa shape index (κ3) is 6.69. The summed E-state index contributed by atoms with van der Waals surface area (Å²) < 4.78 is 0.931. The van der Waals surface area contributed by atoms with Crippen molar-refractivity contribution in [2.45, 2.75) is 48.8 Å². The molecule has 0 saturated heterocycles. The van der Waals surface area contributed by atoms with E-state index >= 15 is 0 Å². The Hall–Kier alpha value is -5.08. The van der Waals surface area contributed by atoms with Gasteiger partial charge in [-0.15, -0.1) is 0 Å². The van der Waals surface area contributed by atoms with Crippen LogP contribution in [0.1, 0.15) is 68.3 Å². The third-order valence-electron chi connectivity index (χ3n) is 15.2. The van der Waals surface area contributed by atoms with Crippen LogP contribution in [-0.4, -0.2) is 9.52 Å². The van der Waals surface area contributed by atoms with E-state index in [4.69, 9.17) is 0 Å². The Morgan fingerprint density at radius 1 is 0.424 bits per heavy atom. The van der Waals surface area contributed by atoms with Crippen LogP contribution in [0.15, 0.2) is 187 Å². The summed E-state index contributed by atoms with van der Waals surface area (Å²) in [7, 11) is 18.2. The molecule has 4 heteroatoms. The van der Waals surface area contributed by atoms with Crippen molar-refractivity contribution in [3.05, 3.63) is 220 Å². The topological polar surface area (TPSA) is 0 Å². The molecule has 8 aromatic rings. The number of hydrogen-bond donors (Lipinski definition) is 0. The van der Waals surface area contributed by atoms with E-state index in [2.05, 4.69) is 230 Å². The summed E-state index contributed by atoms with van der Waals surface area (Å²) in [5.41, 5.74) is 23.0. The van der Waals surface area contributed by atoms with Gasteiger partial charge in [0.25, 0.3) is 0 Å². The summed E-state index contributed by atoms with van der Waals surface area (Å²) in [6.07, 6.45) is 5.07. The van der Waals surface area contributed by atoms with Gasteiger partial charge in [0.2, 0.25) is 0 Å². The molecule has 0 radical (unpaired) electrons. The Balaban J connectivity index is 1.23. The van der Waals surface area contributed by atoms with Crippen molar-refractivity contribution in [1.82, 2.24) is 0 Å². The van der Waals surface area contributed by atoms with E-state index in [1.165, 1.54) is 114 Å². The van der Waals surface area contributed by atoms with Crippen LogP contribution in [-0.2, 0) is 16.4 Å². The first-order valence-electron chi connectivity index (χ1n) is 23.7. The van der Waals surface area contributed by atoms with Crippen molar-refractivity contribution in [3.8, 4) is 55.6 Å². The molecule has 0 nitrogen and oxygen atoms in total. The molecular weight excluding hydrogens is 935 g/mol. The van der Waals surface area contributed by atoms with Crippen LogP contribution in [0.4, 0.5) is 0 Å². The number of benzene rings is 8. The summed E-state index contributed by atoms with van der Waals surface area (Å²) >= 11 is -5.82. The molecule has 0 spiro atoms. The first-order valence-corrected chi connectivity index (χ1v) is 35.5. The van der Waals surface area contributed by atoms with E-state index in [9.17, 15) is 17.0 Å². The SMILES string of the molecule is Cc1ccc2c(c1-c1ccccc1-c1ccccc1)C=C(C(C)C)[CH]2[Zr]([Cl])([Cl])([c]1cccc2c1[SiH2]c1ccccc1-2)[CH]1C(C(C)C)=Cc2c1ccc(C)c2-c1ccccc1-c1ccccc1. The minimum atomic E-state index is -5.82. The van der Waals surface area contributed by atoms with Crippen molar-refractivity contribution < 1.29 is 16.4 Å². The van der Waals surface area contributed by atoms with Gasteiger partial charge in [-0.05, 0) is 0 Å². The normalized spacial score (nSPS) is 17.0. The van der Waals surface area contributed by atoms with Gasteiger partial charge in [-0.3, -0.25) is 0 Å². The predicted octanol–water partition coefficient (Wildman–Crippen LogP) is 15.3. The quantitative estimate of drug-likeness (QED) is 0.126. The molecular formula is C62H55Cl2SiZr. The van der Waals surface area contributed by atoms with Crippen molar-refractivity contribution in [1.29, 1.82) is 0 Å². The molecule has 1 aliphatic heterocycles. The van der Waals surface area contributed by atoms with E-state index in [0.29, 0.717) is 0 Å². The van der Waals surface area contributed by atoms with Crippen LogP contribution in [0, 0.1) is 25.7 Å². The molecule has 0 N–H and O–H groups in total. The zero-order chi connectivity index (χ0) is 45.5. The van der Waals surface area contributed by atoms with E-state index in [1.54, 1.807) is 0 Å². The molecule has 2 unspecified atom stereocenters. The third-order valence-corrected chi connectivity index (χ3v) is 37.8. The zero-order valence-electron chi connectivity index (χ0n) is 38.7. The number of hydrogen-bond acceptors (Lipinski definition) is 0. The molecule has 0 saturated carbocycles. The van der Waals surface area contributed by atoms with Crippen LogP contribution in [0.2, 0.25) is 0 Å². The van der Waals surface area contributed by atoms with Crippen LogP contribution >= 0.6 is 17.0 Å². The van der Waals surface area contributed by atoms with E-state index < -0.39 is 25.9 Å². The van der Waals surface area contributed by atoms with E-state index in [-0.39, 0.29) is 19.1 Å². The molecule has 2 atom stereocenters. The number of fused-ring (bicyclic) bond motifs is 5. The molecule has 2 aliphatic carbocycles. The monoisotopic (exact) mass is 987 g/mol. The summed E-state index contributed by atoms with van der Waals surface area (Å²) in [6.45, 7) is 14.0. The van der Waals surface area contributed by atoms with Crippen LogP contribution in [0.3, 0.4) is 0 Å². The number of aryl methyl sites for hydroxylation is 2. The maximum atomic E-state index is 9.54. The fraction of sp³-hybridized carbons (Fsp3) is 0.161. The average molecular weight is 990 g/mol. The molecule has 325 valence electrons. The van der Waals surface area contributed by atoms with Gasteiger partial charge >= 0.3 is 405 Å². The number of halogens is 2. The Morgan fingerprint density at radius 3 is 1.30 bits per heavy atom. The van der Waals surface area contributed by atoms with Crippen molar-refractivity contribution >= 4 is 52.3 Å². The Bertz CT molecular complexity index is 3130. The second-order valence-corrected chi connectivity index (χ2v) is 42.1. The van der Waals surface area contributed by atoms with Crippen LogP contribution in [0.25, 0.3) is 67.8 Å². The van der Waals surface area contributed by atoms with Crippen LogP contribution < -0.4 is 13.6 Å². The fourth-order valence-corrected chi connectivity index (χ4v) is 40.5. The molecule has 66 heavy (non-hydrogen) atoms. The Morgan fingerprint density at radius 2 is 0.833 bits per heavy atom. The van der Waals surface area contributed by atoms with Gasteiger partial charge in [-0.1, -0.05) is 0 Å². The molecule has 0 aromatic heterocycles. The zero-order valence-corrected chi connectivity index (χ0v) is 44.1. The van der Waals surface area contributed by atoms with Gasteiger partial charge in [-0.2, -0.15) is 0 Å². The predicted molar refractivity (Wildman–Crippen MR) is 286 cm³/mol.